The predicted molar refractivity (Wildman–Crippen MR) is 241 cm³/mol. The number of fused-ring (bicyclic) bond motifs is 9. The third-order valence-electron chi connectivity index (χ3n) is 13.4. The molecule has 1 aliphatic carbocycles. The summed E-state index contributed by atoms with van der Waals surface area (Å²) in [5.74, 6) is 0. The van der Waals surface area contributed by atoms with Crippen molar-refractivity contribution in [1.82, 2.24) is 0 Å². The molecule has 3 heterocycles. The third-order valence-corrected chi connectivity index (χ3v) is 16.9. The summed E-state index contributed by atoms with van der Waals surface area (Å²) < 4.78 is 0. The molecule has 0 radical (unpaired) electrons. The van der Waals surface area contributed by atoms with E-state index in [-0.39, 0.29) is 5.41 Å². The van der Waals surface area contributed by atoms with Gasteiger partial charge in [-0.3, -0.25) is 0 Å². The van der Waals surface area contributed by atoms with Gasteiger partial charge >= 0.3 is 0 Å². The quantitative estimate of drug-likeness (QED) is 0.131. The van der Waals surface area contributed by atoms with Crippen LogP contribution in [0.25, 0.3) is 34.4 Å². The van der Waals surface area contributed by atoms with Gasteiger partial charge < -0.3 is 9.80 Å². The molecule has 0 bridgehead atoms. The highest BCUT2D eigenvalue weighted by molar-refractivity contribution is 7.03. The van der Waals surface area contributed by atoms with Crippen molar-refractivity contribution in [1.29, 1.82) is 0 Å². The first kappa shape index (κ1) is 33.4. The van der Waals surface area contributed by atoms with E-state index in [1.165, 1.54) is 106 Å². The summed E-state index contributed by atoms with van der Waals surface area (Å²) in [7, 11) is -1.84. The molecule has 7 aromatic carbocycles. The molecule has 0 fully saturated rings. The van der Waals surface area contributed by atoms with Crippen molar-refractivity contribution in [3.05, 3.63) is 185 Å². The minimum atomic E-state index is -1.84. The Bertz CT molecular complexity index is 2740. The number of para-hydroxylation sites is 3. The predicted octanol–water partition coefficient (Wildman–Crippen LogP) is 12.4. The topological polar surface area (TPSA) is 6.48 Å². The zero-order valence-electron chi connectivity index (χ0n) is 32.7. The van der Waals surface area contributed by atoms with E-state index in [1.54, 1.807) is 0 Å². The van der Waals surface area contributed by atoms with Gasteiger partial charge in [0.05, 0.1) is 0 Å². The zero-order chi connectivity index (χ0) is 37.8. The van der Waals surface area contributed by atoms with Crippen molar-refractivity contribution < 1.29 is 0 Å². The largest absolute Gasteiger partial charge is 0.341 e. The Morgan fingerprint density at radius 2 is 1.07 bits per heavy atom. The number of aryl methyl sites for hydroxylation is 1. The summed E-state index contributed by atoms with van der Waals surface area (Å²) in [6.45, 7) is 10.9. The van der Waals surface area contributed by atoms with Gasteiger partial charge in [-0.2, -0.15) is 0 Å². The smallest absolute Gasteiger partial charge is 0.113 e. The second-order valence-corrected chi connectivity index (χ2v) is 21.6. The van der Waals surface area contributed by atoms with Crippen LogP contribution in [-0.4, -0.2) is 14.6 Å². The van der Waals surface area contributed by atoms with Crippen molar-refractivity contribution in [2.75, 3.05) is 16.3 Å². The molecular weight excluding hydrogens is 693 g/mol. The van der Waals surface area contributed by atoms with E-state index in [0.29, 0.717) is 0 Å². The number of rotatable bonds is 4. The molecule has 56 heavy (non-hydrogen) atoms. The number of hydrogen-bond acceptors (Lipinski definition) is 2. The number of nitrogens with zero attached hydrogens (tertiary/aromatic N) is 2. The van der Waals surface area contributed by atoms with Crippen LogP contribution in [0.5, 0.6) is 0 Å². The lowest BCUT2D eigenvalue weighted by Gasteiger charge is -2.34. The molecule has 7 aromatic rings. The summed E-state index contributed by atoms with van der Waals surface area (Å²) in [4.78, 5) is 5.00. The van der Waals surface area contributed by atoms with Gasteiger partial charge in [-0.25, -0.2) is 0 Å². The highest BCUT2D eigenvalue weighted by Crippen LogP contribution is 2.51. The van der Waals surface area contributed by atoms with E-state index in [2.05, 4.69) is 194 Å². The normalized spacial score (nSPS) is 16.4. The van der Waals surface area contributed by atoms with E-state index >= 15 is 0 Å². The average Bonchev–Trinajstić information content (AvgIpc) is 3.59. The SMILES string of the molecule is CC1(C)c2cc(C=Cc3ccc4c(c3)-c3cc(N5c6ccccc6Cc6ccccc65)ccc3[Si]4(C)C)ccc2-c2ccc(N3CCCc4ccccc43)cc21. The van der Waals surface area contributed by atoms with Gasteiger partial charge in [-0.05, 0) is 133 Å². The van der Waals surface area contributed by atoms with Gasteiger partial charge in [0, 0.05) is 46.8 Å². The average molecular weight is 739 g/mol. The fourth-order valence-electron chi connectivity index (χ4n) is 10.4. The highest BCUT2D eigenvalue weighted by Gasteiger charge is 2.39. The lowest BCUT2D eigenvalue weighted by molar-refractivity contribution is 0.659. The molecule has 2 nitrogen and oxygen atoms in total. The summed E-state index contributed by atoms with van der Waals surface area (Å²) in [5.41, 5.74) is 21.4. The molecule has 3 aliphatic heterocycles. The summed E-state index contributed by atoms with van der Waals surface area (Å²) >= 11 is 0. The fraction of sp³-hybridized carbons (Fsp3) is 0.170. The molecule has 0 aromatic heterocycles. The first-order chi connectivity index (χ1) is 27.3. The Morgan fingerprint density at radius 1 is 0.518 bits per heavy atom. The van der Waals surface area contributed by atoms with Crippen LogP contribution in [0.2, 0.25) is 13.1 Å². The summed E-state index contributed by atoms with van der Waals surface area (Å²) in [6, 6.07) is 55.4. The highest BCUT2D eigenvalue weighted by atomic mass is 28.3. The first-order valence-corrected chi connectivity index (χ1v) is 23.3. The Kier molecular flexibility index (Phi) is 7.34. The molecule has 272 valence electrons. The van der Waals surface area contributed by atoms with Gasteiger partial charge in [0.25, 0.3) is 0 Å². The molecule has 0 N–H and O–H groups in total. The zero-order valence-corrected chi connectivity index (χ0v) is 33.7. The van der Waals surface area contributed by atoms with Crippen LogP contribution in [-0.2, 0) is 18.3 Å². The minimum absolute atomic E-state index is 0.0829. The van der Waals surface area contributed by atoms with Gasteiger partial charge in [0.2, 0.25) is 0 Å². The van der Waals surface area contributed by atoms with Crippen molar-refractivity contribution in [2.24, 2.45) is 0 Å². The molecule has 0 amide bonds. The van der Waals surface area contributed by atoms with Crippen molar-refractivity contribution in [2.45, 2.75) is 51.6 Å². The molecule has 4 aliphatic rings. The Hall–Kier alpha value is -5.90. The molecule has 3 heteroatoms. The maximum atomic E-state index is 2.53. The second-order valence-electron chi connectivity index (χ2n) is 17.3. The maximum Gasteiger partial charge on any atom is 0.113 e. The summed E-state index contributed by atoms with van der Waals surface area (Å²) in [6.07, 6.45) is 7.95. The van der Waals surface area contributed by atoms with E-state index in [4.69, 9.17) is 0 Å². The van der Waals surface area contributed by atoms with Crippen LogP contribution in [0.4, 0.5) is 28.4 Å². The number of anilines is 5. The van der Waals surface area contributed by atoms with Gasteiger partial charge in [-0.15, -0.1) is 0 Å². The van der Waals surface area contributed by atoms with Crippen LogP contribution < -0.4 is 20.2 Å². The molecule has 0 saturated carbocycles. The van der Waals surface area contributed by atoms with Crippen molar-refractivity contribution >= 4 is 59.0 Å². The van der Waals surface area contributed by atoms with Crippen molar-refractivity contribution in [3.63, 3.8) is 0 Å². The Labute approximate surface area is 332 Å². The van der Waals surface area contributed by atoms with Crippen LogP contribution in [0.1, 0.15) is 59.2 Å². The first-order valence-electron chi connectivity index (χ1n) is 20.3. The van der Waals surface area contributed by atoms with E-state index in [1.807, 2.05) is 0 Å². The summed E-state index contributed by atoms with van der Waals surface area (Å²) in [5, 5.41) is 3.06. The number of benzene rings is 7. The van der Waals surface area contributed by atoms with E-state index in [0.717, 1.165) is 19.4 Å². The third kappa shape index (κ3) is 5.00. The Balaban J connectivity index is 0.918. The molecule has 0 atom stereocenters. The monoisotopic (exact) mass is 738 g/mol. The van der Waals surface area contributed by atoms with Crippen LogP contribution >= 0.6 is 0 Å². The Morgan fingerprint density at radius 3 is 1.80 bits per heavy atom. The van der Waals surface area contributed by atoms with Crippen LogP contribution in [0.3, 0.4) is 0 Å². The van der Waals surface area contributed by atoms with E-state index < -0.39 is 8.07 Å². The molecule has 0 saturated heterocycles. The fourth-order valence-corrected chi connectivity index (χ4v) is 13.4. The van der Waals surface area contributed by atoms with Crippen molar-refractivity contribution in [3.8, 4) is 22.3 Å². The van der Waals surface area contributed by atoms with Gasteiger partial charge in [-0.1, -0.05) is 136 Å². The van der Waals surface area contributed by atoms with Crippen LogP contribution in [0.15, 0.2) is 146 Å². The molecular formula is C53H46N2Si. The molecule has 11 rings (SSSR count). The standard InChI is InChI=1S/C53H46N2Si/c1-53(2)46-31-36(21-25-42(46)43-26-23-40(34-47(43)53)54-29-11-15-37-12-5-8-16-48(37)54)20-19-35-22-27-51-44(30-35)45-33-41(24-28-52(45)56(51,3)4)55-49-17-9-6-13-38(49)32-39-14-7-10-18-50(39)55/h5-10,12-14,16-28,30-31,33-34H,11,15,29,32H2,1-4H3. The minimum Gasteiger partial charge on any atom is -0.341 e. The number of hydrogen-bond donors (Lipinski definition) is 0. The van der Waals surface area contributed by atoms with Gasteiger partial charge in [0.1, 0.15) is 8.07 Å². The maximum absolute atomic E-state index is 2.53. The second kappa shape index (κ2) is 12.3. The lowest BCUT2D eigenvalue weighted by Crippen LogP contribution is -2.49. The van der Waals surface area contributed by atoms with Crippen LogP contribution in [0, 0.1) is 0 Å². The molecule has 0 spiro atoms. The van der Waals surface area contributed by atoms with Gasteiger partial charge in [0.15, 0.2) is 0 Å². The lowest BCUT2D eigenvalue weighted by atomic mass is 9.81. The molecule has 0 unspecified atom stereocenters. The van der Waals surface area contributed by atoms with E-state index in [9.17, 15) is 0 Å².